The largest absolute Gasteiger partial charge is 0.383 e. The van der Waals surface area contributed by atoms with E-state index in [4.69, 9.17) is 16.3 Å². The predicted octanol–water partition coefficient (Wildman–Crippen LogP) is 2.42. The van der Waals surface area contributed by atoms with Crippen molar-refractivity contribution >= 4 is 28.9 Å². The summed E-state index contributed by atoms with van der Waals surface area (Å²) in [7, 11) is 1.68. The first kappa shape index (κ1) is 16.1. The number of likely N-dealkylation sites (N-methyl/N-ethyl adjacent to an activating group) is 2. The minimum Gasteiger partial charge on any atom is -0.383 e. The molecule has 1 heterocycles. The molecule has 1 atom stereocenters. The van der Waals surface area contributed by atoms with Gasteiger partial charge in [-0.15, -0.1) is 0 Å². The Hall–Kier alpha value is -1.30. The van der Waals surface area contributed by atoms with Gasteiger partial charge >= 0.3 is 0 Å². The Labute approximate surface area is 130 Å². The van der Waals surface area contributed by atoms with Crippen molar-refractivity contribution in [2.24, 2.45) is 0 Å². The summed E-state index contributed by atoms with van der Waals surface area (Å²) in [4.78, 5) is 14.1. The van der Waals surface area contributed by atoms with Gasteiger partial charge in [0.15, 0.2) is 0 Å². The monoisotopic (exact) mass is 311 g/mol. The zero-order valence-electron chi connectivity index (χ0n) is 12.7. The van der Waals surface area contributed by atoms with Crippen LogP contribution in [0.2, 0.25) is 5.02 Å². The van der Waals surface area contributed by atoms with Gasteiger partial charge < -0.3 is 20.3 Å². The summed E-state index contributed by atoms with van der Waals surface area (Å²) in [5.41, 5.74) is 2.67. The number of carbonyl (C=O) groups is 1. The molecule has 0 bridgehead atoms. The Balaban J connectivity index is 2.31. The summed E-state index contributed by atoms with van der Waals surface area (Å²) >= 11 is 6.42. The lowest BCUT2D eigenvalue weighted by atomic mass is 10.1. The van der Waals surface area contributed by atoms with Gasteiger partial charge in [-0.25, -0.2) is 0 Å². The average Bonchev–Trinajstić information content (AvgIpc) is 2.76. The van der Waals surface area contributed by atoms with Crippen molar-refractivity contribution in [3.8, 4) is 0 Å². The number of nitrogens with one attached hydrogen (secondary N) is 2. The van der Waals surface area contributed by atoms with Crippen molar-refractivity contribution in [1.29, 1.82) is 0 Å². The third kappa shape index (κ3) is 3.31. The predicted molar refractivity (Wildman–Crippen MR) is 86.3 cm³/mol. The number of carbonyl (C=O) groups excluding carboxylic acids is 1. The first-order valence-electron chi connectivity index (χ1n) is 7.23. The van der Waals surface area contributed by atoms with Gasteiger partial charge in [-0.2, -0.15) is 0 Å². The fraction of sp³-hybridized carbons (Fsp3) is 0.533. The molecule has 21 heavy (non-hydrogen) atoms. The van der Waals surface area contributed by atoms with Gasteiger partial charge in [-0.3, -0.25) is 4.79 Å². The lowest BCUT2D eigenvalue weighted by molar-refractivity contribution is -0.117. The minimum atomic E-state index is -0.314. The lowest BCUT2D eigenvalue weighted by Gasteiger charge is -2.24. The number of benzene rings is 1. The molecule has 2 rings (SSSR count). The molecule has 1 aliphatic heterocycles. The highest BCUT2D eigenvalue weighted by atomic mass is 35.5. The van der Waals surface area contributed by atoms with Crippen molar-refractivity contribution in [3.05, 3.63) is 22.7 Å². The molecule has 1 aromatic rings. The van der Waals surface area contributed by atoms with Crippen LogP contribution < -0.4 is 15.5 Å². The smallest absolute Gasteiger partial charge is 0.246 e. The van der Waals surface area contributed by atoms with Gasteiger partial charge in [0.05, 0.1) is 17.3 Å². The first-order chi connectivity index (χ1) is 10.1. The molecule has 6 heteroatoms. The third-order valence-electron chi connectivity index (χ3n) is 3.65. The molecular weight excluding hydrogens is 290 g/mol. The Morgan fingerprint density at radius 1 is 1.43 bits per heavy atom. The van der Waals surface area contributed by atoms with Crippen LogP contribution in [0.25, 0.3) is 0 Å². The second-order valence-electron chi connectivity index (χ2n) is 4.94. The van der Waals surface area contributed by atoms with Crippen molar-refractivity contribution in [2.75, 3.05) is 43.6 Å². The minimum absolute atomic E-state index is 0.0278. The van der Waals surface area contributed by atoms with Crippen LogP contribution in [0.4, 0.5) is 11.4 Å². The molecule has 1 amide bonds. The molecule has 0 fully saturated rings. The number of methoxy groups -OCH3 is 1. The lowest BCUT2D eigenvalue weighted by Crippen LogP contribution is -2.27. The Bertz CT molecular complexity index is 522. The van der Waals surface area contributed by atoms with Gasteiger partial charge in [-0.1, -0.05) is 18.5 Å². The molecule has 0 spiro atoms. The van der Waals surface area contributed by atoms with Crippen molar-refractivity contribution in [1.82, 2.24) is 5.32 Å². The maximum Gasteiger partial charge on any atom is 0.246 e. The van der Waals surface area contributed by atoms with E-state index in [0.717, 1.165) is 36.6 Å². The first-order valence-corrected chi connectivity index (χ1v) is 7.61. The quantitative estimate of drug-likeness (QED) is 0.812. The number of ether oxygens (including phenoxy) is 1. The van der Waals surface area contributed by atoms with Crippen molar-refractivity contribution in [2.45, 2.75) is 19.9 Å². The molecule has 0 saturated heterocycles. The maximum absolute atomic E-state index is 12.0. The molecule has 116 valence electrons. The second kappa shape index (κ2) is 7.11. The number of hydrogen-bond acceptors (Lipinski definition) is 4. The molecule has 0 aromatic heterocycles. The van der Waals surface area contributed by atoms with Crippen molar-refractivity contribution < 1.29 is 9.53 Å². The highest BCUT2D eigenvalue weighted by Crippen LogP contribution is 2.38. The third-order valence-corrected chi connectivity index (χ3v) is 3.95. The highest BCUT2D eigenvalue weighted by molar-refractivity contribution is 6.33. The normalized spacial score (nSPS) is 16.8. The van der Waals surface area contributed by atoms with Crippen LogP contribution in [0.1, 0.15) is 25.5 Å². The molecule has 0 saturated carbocycles. The topological polar surface area (TPSA) is 53.6 Å². The molecule has 1 aliphatic rings. The molecule has 1 unspecified atom stereocenters. The van der Waals surface area contributed by atoms with E-state index in [2.05, 4.69) is 22.5 Å². The zero-order valence-corrected chi connectivity index (χ0v) is 13.5. The summed E-state index contributed by atoms with van der Waals surface area (Å²) in [6.07, 6.45) is 0. The number of nitrogens with zero attached hydrogens (tertiary/aromatic N) is 1. The van der Waals surface area contributed by atoms with Gasteiger partial charge in [0.25, 0.3) is 0 Å². The summed E-state index contributed by atoms with van der Waals surface area (Å²) in [6.45, 7) is 6.99. The number of fused-ring (bicyclic) bond motifs is 1. The van der Waals surface area contributed by atoms with Crippen LogP contribution in [0.15, 0.2) is 12.1 Å². The number of amides is 1. The molecule has 1 aromatic carbocycles. The highest BCUT2D eigenvalue weighted by Gasteiger charge is 2.31. The van der Waals surface area contributed by atoms with E-state index in [-0.39, 0.29) is 11.9 Å². The number of hydrogen-bond donors (Lipinski definition) is 2. The fourth-order valence-electron chi connectivity index (χ4n) is 2.57. The van der Waals surface area contributed by atoms with E-state index >= 15 is 0 Å². The summed E-state index contributed by atoms with van der Waals surface area (Å²) < 4.78 is 5.13. The molecule has 0 aliphatic carbocycles. The van der Waals surface area contributed by atoms with E-state index < -0.39 is 0 Å². The van der Waals surface area contributed by atoms with Crippen LogP contribution >= 0.6 is 11.6 Å². The molecule has 0 radical (unpaired) electrons. The van der Waals surface area contributed by atoms with Crippen LogP contribution in [-0.4, -0.2) is 39.3 Å². The summed E-state index contributed by atoms with van der Waals surface area (Å²) in [5, 5.41) is 6.75. The van der Waals surface area contributed by atoms with Gasteiger partial charge in [0.1, 0.15) is 6.04 Å². The van der Waals surface area contributed by atoms with Gasteiger partial charge in [-0.05, 0) is 25.6 Å². The van der Waals surface area contributed by atoms with E-state index in [9.17, 15) is 4.79 Å². The second-order valence-corrected chi connectivity index (χ2v) is 5.35. The van der Waals surface area contributed by atoms with Crippen LogP contribution in [-0.2, 0) is 9.53 Å². The molecule has 5 nitrogen and oxygen atoms in total. The van der Waals surface area contributed by atoms with Crippen LogP contribution in [0, 0.1) is 0 Å². The van der Waals surface area contributed by atoms with Crippen LogP contribution in [0.3, 0.4) is 0 Å². The van der Waals surface area contributed by atoms with E-state index in [1.54, 1.807) is 7.11 Å². The molecular formula is C15H22ClN3O2. The average molecular weight is 312 g/mol. The molecule has 2 N–H and O–H groups in total. The van der Waals surface area contributed by atoms with Gasteiger partial charge in [0.2, 0.25) is 5.91 Å². The maximum atomic E-state index is 12.0. The Morgan fingerprint density at radius 2 is 2.19 bits per heavy atom. The van der Waals surface area contributed by atoms with E-state index in [1.807, 2.05) is 19.1 Å². The standard InChI is InChI=1S/C15H22ClN3O2/c1-4-17-14-10-8-11(16)13(9-12(10)18-15(14)20)19(5-2)6-7-21-3/h8-9,14,17H,4-7H2,1-3H3,(H,18,20). The number of rotatable bonds is 7. The van der Waals surface area contributed by atoms with E-state index in [0.29, 0.717) is 11.6 Å². The SMILES string of the molecule is CCNC1C(=O)Nc2cc(N(CC)CCOC)c(Cl)cc21. The van der Waals surface area contributed by atoms with Crippen molar-refractivity contribution in [3.63, 3.8) is 0 Å². The number of anilines is 2. The fourth-order valence-corrected chi connectivity index (χ4v) is 2.86. The van der Waals surface area contributed by atoms with Gasteiger partial charge in [0, 0.05) is 31.5 Å². The Kier molecular flexibility index (Phi) is 5.45. The Morgan fingerprint density at radius 3 is 2.81 bits per heavy atom. The van der Waals surface area contributed by atoms with Crippen LogP contribution in [0.5, 0.6) is 0 Å². The zero-order chi connectivity index (χ0) is 15.4. The van der Waals surface area contributed by atoms with E-state index in [1.165, 1.54) is 0 Å². The summed E-state index contributed by atoms with van der Waals surface area (Å²) in [5.74, 6) is -0.0278. The summed E-state index contributed by atoms with van der Waals surface area (Å²) in [6, 6.07) is 3.52. The number of halogens is 1.